The normalized spacial score (nSPS) is 18.5. The van der Waals surface area contributed by atoms with E-state index in [4.69, 9.17) is 0 Å². The standard InChI is InChI=1S/C19H17N5O3/c25-19(22-16-8-15(9-16)13-4-2-1-3-5-13)14-6-7-17(18(10-14)24(26)27)23-12-20-11-21-23/h1-7,10-12,15-16H,8-9H2,(H,22,25). The van der Waals surface area contributed by atoms with Crippen LogP contribution in [0.2, 0.25) is 0 Å². The van der Waals surface area contributed by atoms with Crippen LogP contribution in [0.1, 0.15) is 34.7 Å². The van der Waals surface area contributed by atoms with Crippen LogP contribution in [0.15, 0.2) is 61.2 Å². The van der Waals surface area contributed by atoms with E-state index in [0.29, 0.717) is 5.92 Å². The van der Waals surface area contributed by atoms with Crippen molar-refractivity contribution in [3.8, 4) is 5.69 Å². The van der Waals surface area contributed by atoms with Gasteiger partial charge in [0.15, 0.2) is 0 Å². The van der Waals surface area contributed by atoms with Gasteiger partial charge in [-0.15, -0.1) is 0 Å². The minimum Gasteiger partial charge on any atom is -0.349 e. The second-order valence-electron chi connectivity index (χ2n) is 6.55. The average molecular weight is 363 g/mol. The number of amides is 1. The Kier molecular flexibility index (Phi) is 4.37. The lowest BCUT2D eigenvalue weighted by Gasteiger charge is -2.36. The van der Waals surface area contributed by atoms with Crippen molar-refractivity contribution in [1.29, 1.82) is 0 Å². The van der Waals surface area contributed by atoms with Gasteiger partial charge in [-0.1, -0.05) is 30.3 Å². The summed E-state index contributed by atoms with van der Waals surface area (Å²) in [6.07, 6.45) is 4.41. The Morgan fingerprint density at radius 1 is 1.19 bits per heavy atom. The molecule has 0 spiro atoms. The van der Waals surface area contributed by atoms with Crippen LogP contribution in [0.4, 0.5) is 5.69 Å². The summed E-state index contributed by atoms with van der Waals surface area (Å²) >= 11 is 0. The van der Waals surface area contributed by atoms with Crippen LogP contribution in [-0.2, 0) is 0 Å². The maximum absolute atomic E-state index is 12.5. The number of nitrogens with one attached hydrogen (secondary N) is 1. The first-order chi connectivity index (χ1) is 13.1. The molecule has 27 heavy (non-hydrogen) atoms. The van der Waals surface area contributed by atoms with E-state index in [1.54, 1.807) is 6.07 Å². The minimum absolute atomic E-state index is 0.0803. The molecule has 0 saturated heterocycles. The Bertz CT molecular complexity index is 966. The molecule has 0 atom stereocenters. The van der Waals surface area contributed by atoms with E-state index in [1.165, 1.54) is 35.0 Å². The first-order valence-electron chi connectivity index (χ1n) is 8.61. The SMILES string of the molecule is O=C(NC1CC(c2ccccc2)C1)c1ccc(-n2cncn2)c([N+](=O)[O-])c1. The molecule has 1 saturated carbocycles. The van der Waals surface area contributed by atoms with Crippen molar-refractivity contribution in [2.24, 2.45) is 0 Å². The van der Waals surface area contributed by atoms with Crippen LogP contribution in [0.25, 0.3) is 5.69 Å². The number of rotatable bonds is 5. The van der Waals surface area contributed by atoms with Gasteiger partial charge in [0.1, 0.15) is 18.3 Å². The summed E-state index contributed by atoms with van der Waals surface area (Å²) in [4.78, 5) is 27.2. The highest BCUT2D eigenvalue weighted by molar-refractivity contribution is 5.95. The van der Waals surface area contributed by atoms with E-state index < -0.39 is 4.92 Å². The van der Waals surface area contributed by atoms with Gasteiger partial charge in [0.25, 0.3) is 11.6 Å². The maximum atomic E-state index is 12.5. The summed E-state index contributed by atoms with van der Waals surface area (Å²) in [5.74, 6) is 0.139. The van der Waals surface area contributed by atoms with Crippen molar-refractivity contribution in [2.75, 3.05) is 0 Å². The van der Waals surface area contributed by atoms with Gasteiger partial charge < -0.3 is 5.32 Å². The van der Waals surface area contributed by atoms with E-state index in [0.717, 1.165) is 12.8 Å². The molecular formula is C19H17N5O3. The Morgan fingerprint density at radius 3 is 2.63 bits per heavy atom. The van der Waals surface area contributed by atoms with Crippen molar-refractivity contribution in [3.05, 3.63) is 82.4 Å². The van der Waals surface area contributed by atoms with E-state index in [2.05, 4.69) is 27.5 Å². The summed E-state index contributed by atoms with van der Waals surface area (Å²) in [6.45, 7) is 0. The number of nitro benzene ring substituents is 1. The molecule has 1 N–H and O–H groups in total. The van der Waals surface area contributed by atoms with Crippen molar-refractivity contribution in [2.45, 2.75) is 24.8 Å². The van der Waals surface area contributed by atoms with Crippen LogP contribution in [-0.4, -0.2) is 31.6 Å². The van der Waals surface area contributed by atoms with E-state index in [1.807, 2.05) is 18.2 Å². The molecule has 136 valence electrons. The molecule has 0 bridgehead atoms. The summed E-state index contributed by atoms with van der Waals surface area (Å²) in [6, 6.07) is 14.6. The zero-order valence-corrected chi connectivity index (χ0v) is 14.4. The Labute approximate surface area is 155 Å². The molecule has 1 aromatic heterocycles. The van der Waals surface area contributed by atoms with Crippen LogP contribution >= 0.6 is 0 Å². The lowest BCUT2D eigenvalue weighted by Crippen LogP contribution is -2.43. The molecule has 2 aromatic carbocycles. The molecule has 1 heterocycles. The highest BCUT2D eigenvalue weighted by atomic mass is 16.6. The Hall–Kier alpha value is -3.55. The molecule has 8 heteroatoms. The Morgan fingerprint density at radius 2 is 1.96 bits per heavy atom. The summed E-state index contributed by atoms with van der Waals surface area (Å²) in [5, 5.41) is 18.3. The smallest absolute Gasteiger partial charge is 0.295 e. The van der Waals surface area contributed by atoms with Gasteiger partial charge in [-0.3, -0.25) is 14.9 Å². The molecule has 3 aromatic rings. The topological polar surface area (TPSA) is 103 Å². The number of benzene rings is 2. The van der Waals surface area contributed by atoms with Crippen LogP contribution in [0.3, 0.4) is 0 Å². The molecule has 0 radical (unpaired) electrons. The average Bonchev–Trinajstić information content (AvgIpc) is 3.19. The van der Waals surface area contributed by atoms with E-state index in [-0.39, 0.29) is 28.9 Å². The van der Waals surface area contributed by atoms with Gasteiger partial charge in [0.05, 0.1) is 4.92 Å². The first-order valence-corrected chi connectivity index (χ1v) is 8.61. The van der Waals surface area contributed by atoms with Crippen molar-refractivity contribution in [1.82, 2.24) is 20.1 Å². The number of aromatic nitrogens is 3. The van der Waals surface area contributed by atoms with Gasteiger partial charge in [0.2, 0.25) is 0 Å². The highest BCUT2D eigenvalue weighted by Gasteiger charge is 2.31. The Balaban J connectivity index is 1.45. The van der Waals surface area contributed by atoms with E-state index >= 15 is 0 Å². The minimum atomic E-state index is -0.525. The fourth-order valence-corrected chi connectivity index (χ4v) is 3.34. The maximum Gasteiger partial charge on any atom is 0.295 e. The number of nitrogens with zero attached hydrogens (tertiary/aromatic N) is 4. The number of carbonyl (C=O) groups is 1. The van der Waals surface area contributed by atoms with Crippen molar-refractivity contribution in [3.63, 3.8) is 0 Å². The highest BCUT2D eigenvalue weighted by Crippen LogP contribution is 2.36. The third-order valence-corrected chi connectivity index (χ3v) is 4.84. The van der Waals surface area contributed by atoms with Crippen LogP contribution < -0.4 is 5.32 Å². The lowest BCUT2D eigenvalue weighted by molar-refractivity contribution is -0.384. The van der Waals surface area contributed by atoms with Crippen molar-refractivity contribution >= 4 is 11.6 Å². The molecule has 1 aliphatic rings. The van der Waals surface area contributed by atoms with Gasteiger partial charge in [-0.25, -0.2) is 9.67 Å². The fraction of sp³-hybridized carbons (Fsp3) is 0.211. The second kappa shape index (κ2) is 6.99. The van der Waals surface area contributed by atoms with Gasteiger partial charge in [-0.2, -0.15) is 5.10 Å². The number of hydrogen-bond donors (Lipinski definition) is 1. The zero-order chi connectivity index (χ0) is 18.8. The first kappa shape index (κ1) is 16.9. The molecule has 8 nitrogen and oxygen atoms in total. The van der Waals surface area contributed by atoms with Gasteiger partial charge >= 0.3 is 0 Å². The molecule has 0 aliphatic heterocycles. The molecule has 0 unspecified atom stereocenters. The van der Waals surface area contributed by atoms with Crippen LogP contribution in [0, 0.1) is 10.1 Å². The molecule has 1 fully saturated rings. The predicted molar refractivity (Wildman–Crippen MR) is 97.7 cm³/mol. The third-order valence-electron chi connectivity index (χ3n) is 4.84. The zero-order valence-electron chi connectivity index (χ0n) is 14.4. The fourth-order valence-electron chi connectivity index (χ4n) is 3.34. The summed E-state index contributed by atoms with van der Waals surface area (Å²) in [5.41, 5.74) is 1.61. The number of carbonyl (C=O) groups excluding carboxylic acids is 1. The van der Waals surface area contributed by atoms with Crippen molar-refractivity contribution < 1.29 is 9.72 Å². The number of hydrogen-bond acceptors (Lipinski definition) is 5. The van der Waals surface area contributed by atoms with E-state index in [9.17, 15) is 14.9 Å². The molecule has 1 amide bonds. The predicted octanol–water partition coefficient (Wildman–Crippen LogP) is 2.85. The molecule has 1 aliphatic carbocycles. The largest absolute Gasteiger partial charge is 0.349 e. The van der Waals surface area contributed by atoms with Crippen LogP contribution in [0.5, 0.6) is 0 Å². The quantitative estimate of drug-likeness (QED) is 0.554. The summed E-state index contributed by atoms with van der Waals surface area (Å²) in [7, 11) is 0. The van der Waals surface area contributed by atoms with Gasteiger partial charge in [-0.05, 0) is 36.5 Å². The monoisotopic (exact) mass is 363 g/mol. The summed E-state index contributed by atoms with van der Waals surface area (Å²) < 4.78 is 1.30. The number of nitro groups is 1. The molecular weight excluding hydrogens is 346 g/mol. The molecule has 4 rings (SSSR count). The third kappa shape index (κ3) is 3.41. The van der Waals surface area contributed by atoms with Gasteiger partial charge in [0, 0.05) is 17.7 Å². The second-order valence-corrected chi connectivity index (χ2v) is 6.55. The lowest BCUT2D eigenvalue weighted by atomic mass is 9.76.